The molecule has 3 aromatic carbocycles. The largest absolute Gasteiger partial charge is 0.496 e. The minimum Gasteiger partial charge on any atom is -0.496 e. The zero-order chi connectivity index (χ0) is 23.0. The van der Waals surface area contributed by atoms with E-state index < -0.39 is 10.0 Å². The molecule has 0 atom stereocenters. The third-order valence-electron chi connectivity index (χ3n) is 4.87. The Morgan fingerprint density at radius 1 is 0.969 bits per heavy atom. The van der Waals surface area contributed by atoms with Gasteiger partial charge in [-0.1, -0.05) is 48.0 Å². The summed E-state index contributed by atoms with van der Waals surface area (Å²) in [4.78, 5) is 12.7. The highest BCUT2D eigenvalue weighted by Crippen LogP contribution is 2.25. The van der Waals surface area contributed by atoms with E-state index in [0.29, 0.717) is 23.7 Å². The topological polar surface area (TPSA) is 75.7 Å². The molecule has 1 N–H and O–H groups in total. The number of hydrogen-bond acceptors (Lipinski definition) is 4. The van der Waals surface area contributed by atoms with E-state index in [0.717, 1.165) is 22.0 Å². The molecular formula is C24H25ClN2O4S. The van der Waals surface area contributed by atoms with Gasteiger partial charge < -0.3 is 10.1 Å². The second kappa shape index (κ2) is 11.0. The first-order chi connectivity index (χ1) is 15.4. The molecule has 0 spiro atoms. The zero-order valence-electron chi connectivity index (χ0n) is 17.7. The van der Waals surface area contributed by atoms with Gasteiger partial charge in [0.1, 0.15) is 12.3 Å². The van der Waals surface area contributed by atoms with Crippen LogP contribution < -0.4 is 14.4 Å². The van der Waals surface area contributed by atoms with Gasteiger partial charge in [-0.25, -0.2) is 8.42 Å². The first-order valence-corrected chi connectivity index (χ1v) is 12.0. The molecular weight excluding hydrogens is 448 g/mol. The molecule has 0 aromatic heterocycles. The molecule has 1 amide bonds. The highest BCUT2D eigenvalue weighted by molar-refractivity contribution is 7.92. The number of ether oxygens (including phenoxy) is 1. The number of aryl methyl sites for hydroxylation is 1. The van der Waals surface area contributed by atoms with Gasteiger partial charge in [-0.05, 0) is 60.9 Å². The van der Waals surface area contributed by atoms with Crippen LogP contribution in [0.15, 0.2) is 83.8 Å². The van der Waals surface area contributed by atoms with Crippen molar-refractivity contribution >= 4 is 33.2 Å². The van der Waals surface area contributed by atoms with Crippen LogP contribution in [0.1, 0.15) is 12.0 Å². The van der Waals surface area contributed by atoms with E-state index >= 15 is 0 Å². The van der Waals surface area contributed by atoms with Crippen LogP contribution in [-0.4, -0.2) is 34.5 Å². The van der Waals surface area contributed by atoms with Crippen LogP contribution in [0.5, 0.6) is 5.75 Å². The molecule has 32 heavy (non-hydrogen) atoms. The van der Waals surface area contributed by atoms with Gasteiger partial charge in [0.25, 0.3) is 10.0 Å². The van der Waals surface area contributed by atoms with Crippen LogP contribution in [0.3, 0.4) is 0 Å². The van der Waals surface area contributed by atoms with E-state index in [1.54, 1.807) is 49.6 Å². The number of halogens is 1. The van der Waals surface area contributed by atoms with Crippen LogP contribution in [0.25, 0.3) is 0 Å². The fourth-order valence-corrected chi connectivity index (χ4v) is 4.81. The molecule has 0 bridgehead atoms. The van der Waals surface area contributed by atoms with Crippen molar-refractivity contribution in [1.29, 1.82) is 0 Å². The third kappa shape index (κ3) is 6.02. The molecule has 0 aliphatic heterocycles. The molecule has 8 heteroatoms. The summed E-state index contributed by atoms with van der Waals surface area (Å²) in [5.74, 6) is 0.418. The number of amides is 1. The van der Waals surface area contributed by atoms with Crippen LogP contribution in [-0.2, 0) is 21.2 Å². The summed E-state index contributed by atoms with van der Waals surface area (Å²) in [6, 6.07) is 22.1. The number of carbonyl (C=O) groups is 1. The predicted molar refractivity (Wildman–Crippen MR) is 127 cm³/mol. The maximum atomic E-state index is 13.2. The highest BCUT2D eigenvalue weighted by atomic mass is 35.5. The monoisotopic (exact) mass is 472 g/mol. The van der Waals surface area contributed by atoms with Crippen LogP contribution in [0.4, 0.5) is 5.69 Å². The van der Waals surface area contributed by atoms with Crippen LogP contribution >= 0.6 is 11.6 Å². The van der Waals surface area contributed by atoms with Crippen molar-refractivity contribution in [2.24, 2.45) is 0 Å². The SMILES string of the molecule is COc1ccccc1CCCNC(=O)CN(c1ccc(Cl)cc1)S(=O)(=O)c1ccccc1. The third-order valence-corrected chi connectivity index (χ3v) is 6.91. The summed E-state index contributed by atoms with van der Waals surface area (Å²) < 4.78 is 32.9. The van der Waals surface area contributed by atoms with Gasteiger partial charge in [0.2, 0.25) is 5.91 Å². The fourth-order valence-electron chi connectivity index (χ4n) is 3.24. The lowest BCUT2D eigenvalue weighted by Gasteiger charge is -2.24. The Kier molecular flexibility index (Phi) is 8.14. The van der Waals surface area contributed by atoms with Crippen molar-refractivity contribution in [3.63, 3.8) is 0 Å². The number of methoxy groups -OCH3 is 1. The van der Waals surface area contributed by atoms with Crippen molar-refractivity contribution in [2.45, 2.75) is 17.7 Å². The standard InChI is InChI=1S/C24H25ClN2O4S/c1-31-23-12-6-5-8-19(23)9-7-17-26-24(28)18-27(21-15-13-20(25)14-16-21)32(29,30)22-10-3-2-4-11-22/h2-6,8,10-16H,7,9,17-18H2,1H3,(H,26,28). The Labute approximate surface area is 193 Å². The van der Waals surface area contributed by atoms with E-state index in [1.165, 1.54) is 12.1 Å². The Balaban J connectivity index is 1.68. The van der Waals surface area contributed by atoms with Gasteiger partial charge in [-0.3, -0.25) is 9.10 Å². The quantitative estimate of drug-likeness (QED) is 0.446. The van der Waals surface area contributed by atoms with Crippen molar-refractivity contribution < 1.29 is 17.9 Å². The van der Waals surface area contributed by atoms with Gasteiger partial charge in [0, 0.05) is 11.6 Å². The molecule has 3 rings (SSSR count). The molecule has 0 saturated carbocycles. The molecule has 0 saturated heterocycles. The van der Waals surface area contributed by atoms with E-state index in [9.17, 15) is 13.2 Å². The Hall–Kier alpha value is -3.03. The van der Waals surface area contributed by atoms with Gasteiger partial charge >= 0.3 is 0 Å². The lowest BCUT2D eigenvalue weighted by molar-refractivity contribution is -0.119. The van der Waals surface area contributed by atoms with Gasteiger partial charge in [-0.2, -0.15) is 0 Å². The smallest absolute Gasteiger partial charge is 0.264 e. The first-order valence-electron chi connectivity index (χ1n) is 10.1. The average Bonchev–Trinajstić information content (AvgIpc) is 2.81. The lowest BCUT2D eigenvalue weighted by Crippen LogP contribution is -2.41. The van der Waals surface area contributed by atoms with Gasteiger partial charge in [0.05, 0.1) is 17.7 Å². The van der Waals surface area contributed by atoms with E-state index in [4.69, 9.17) is 16.3 Å². The molecule has 6 nitrogen and oxygen atoms in total. The average molecular weight is 473 g/mol. The number of benzene rings is 3. The Morgan fingerprint density at radius 3 is 2.31 bits per heavy atom. The molecule has 3 aromatic rings. The van der Waals surface area contributed by atoms with Crippen LogP contribution in [0, 0.1) is 0 Å². The summed E-state index contributed by atoms with van der Waals surface area (Å²) in [6.07, 6.45) is 1.42. The minimum absolute atomic E-state index is 0.110. The van der Waals surface area contributed by atoms with Crippen molar-refractivity contribution in [2.75, 3.05) is 24.5 Å². The number of carbonyl (C=O) groups excluding carboxylic acids is 1. The maximum absolute atomic E-state index is 13.2. The van der Waals surface area contributed by atoms with E-state index in [2.05, 4.69) is 5.32 Å². The molecule has 0 heterocycles. The highest BCUT2D eigenvalue weighted by Gasteiger charge is 2.27. The summed E-state index contributed by atoms with van der Waals surface area (Å²) >= 11 is 5.95. The summed E-state index contributed by atoms with van der Waals surface area (Å²) in [5.41, 5.74) is 1.42. The number of rotatable bonds is 10. The summed E-state index contributed by atoms with van der Waals surface area (Å²) in [5, 5.41) is 3.29. The second-order valence-corrected chi connectivity index (χ2v) is 9.37. The number of sulfonamides is 1. The normalized spacial score (nSPS) is 11.1. The number of anilines is 1. The number of nitrogens with zero attached hydrogens (tertiary/aromatic N) is 1. The van der Waals surface area contributed by atoms with Crippen molar-refractivity contribution in [1.82, 2.24) is 5.32 Å². The summed E-state index contributed by atoms with van der Waals surface area (Å²) in [6.45, 7) is 0.0737. The van der Waals surface area contributed by atoms with E-state index in [1.807, 2.05) is 24.3 Å². The fraction of sp³-hybridized carbons (Fsp3) is 0.208. The molecule has 0 radical (unpaired) electrons. The first kappa shape index (κ1) is 23.6. The molecule has 0 unspecified atom stereocenters. The zero-order valence-corrected chi connectivity index (χ0v) is 19.3. The minimum atomic E-state index is -3.93. The Morgan fingerprint density at radius 2 is 1.62 bits per heavy atom. The van der Waals surface area contributed by atoms with Gasteiger partial charge in [0.15, 0.2) is 0 Å². The van der Waals surface area contributed by atoms with Gasteiger partial charge in [-0.15, -0.1) is 0 Å². The predicted octanol–water partition coefficient (Wildman–Crippen LogP) is 4.29. The summed E-state index contributed by atoms with van der Waals surface area (Å²) in [7, 11) is -2.31. The molecule has 0 fully saturated rings. The van der Waals surface area contributed by atoms with Crippen molar-refractivity contribution in [3.05, 3.63) is 89.4 Å². The number of nitrogens with one attached hydrogen (secondary N) is 1. The lowest BCUT2D eigenvalue weighted by atomic mass is 10.1. The van der Waals surface area contributed by atoms with Crippen molar-refractivity contribution in [3.8, 4) is 5.75 Å². The van der Waals surface area contributed by atoms with Crippen LogP contribution in [0.2, 0.25) is 5.02 Å². The Bertz CT molecular complexity index is 1140. The molecule has 168 valence electrons. The maximum Gasteiger partial charge on any atom is 0.264 e. The number of para-hydroxylation sites is 1. The number of hydrogen-bond donors (Lipinski definition) is 1. The second-order valence-electron chi connectivity index (χ2n) is 7.07. The van der Waals surface area contributed by atoms with E-state index in [-0.39, 0.29) is 17.3 Å². The molecule has 0 aliphatic rings. The molecule has 0 aliphatic carbocycles.